The molecule has 0 aliphatic carbocycles. The van der Waals surface area contributed by atoms with E-state index in [1.807, 2.05) is 30.3 Å². The number of hydrogen-bond acceptors (Lipinski definition) is 3. The van der Waals surface area contributed by atoms with Gasteiger partial charge in [-0.25, -0.2) is 0 Å². The van der Waals surface area contributed by atoms with Crippen LogP contribution in [0.2, 0.25) is 0 Å². The van der Waals surface area contributed by atoms with E-state index in [4.69, 9.17) is 15.2 Å². The van der Waals surface area contributed by atoms with Crippen molar-refractivity contribution >= 4 is 0 Å². The highest BCUT2D eigenvalue weighted by Gasteiger charge is 2.03. The topological polar surface area (TPSA) is 44.5 Å². The molecule has 1 unspecified atom stereocenters. The van der Waals surface area contributed by atoms with E-state index < -0.39 is 0 Å². The van der Waals surface area contributed by atoms with Crippen molar-refractivity contribution in [2.24, 2.45) is 5.73 Å². The van der Waals surface area contributed by atoms with Crippen molar-refractivity contribution < 1.29 is 9.47 Å². The van der Waals surface area contributed by atoms with Gasteiger partial charge in [0.25, 0.3) is 0 Å². The zero-order chi connectivity index (χ0) is 10.9. The van der Waals surface area contributed by atoms with E-state index >= 15 is 0 Å². The molecular formula is C12H19NO2. The van der Waals surface area contributed by atoms with Gasteiger partial charge in [-0.2, -0.15) is 0 Å². The molecule has 3 nitrogen and oxygen atoms in total. The van der Waals surface area contributed by atoms with E-state index in [9.17, 15) is 0 Å². The summed E-state index contributed by atoms with van der Waals surface area (Å²) in [6, 6.07) is 9.61. The fraction of sp³-hybridized carbons (Fsp3) is 0.500. The predicted molar refractivity (Wildman–Crippen MR) is 61.0 cm³/mol. The van der Waals surface area contributed by atoms with Gasteiger partial charge in [0.05, 0.1) is 12.6 Å². The van der Waals surface area contributed by atoms with Crippen LogP contribution in [0, 0.1) is 0 Å². The Balaban J connectivity index is 2.14. The van der Waals surface area contributed by atoms with Crippen molar-refractivity contribution in [2.45, 2.75) is 19.4 Å². The van der Waals surface area contributed by atoms with Gasteiger partial charge in [0.2, 0.25) is 0 Å². The minimum atomic E-state index is -0.0586. The second-order valence-corrected chi connectivity index (χ2v) is 3.46. The normalized spacial score (nSPS) is 12.4. The molecule has 0 fully saturated rings. The molecule has 0 saturated carbocycles. The molecule has 3 heteroatoms. The second kappa shape index (κ2) is 7.26. The molecule has 0 aliphatic rings. The molecule has 1 atom stereocenters. The quantitative estimate of drug-likeness (QED) is 0.697. The van der Waals surface area contributed by atoms with Crippen LogP contribution in [0.25, 0.3) is 0 Å². The van der Waals surface area contributed by atoms with Gasteiger partial charge in [-0.15, -0.1) is 0 Å². The highest BCUT2D eigenvalue weighted by atomic mass is 16.5. The first kappa shape index (κ1) is 12.0. The van der Waals surface area contributed by atoms with Crippen LogP contribution in [0.4, 0.5) is 0 Å². The van der Waals surface area contributed by atoms with Crippen LogP contribution in [0.5, 0.6) is 5.75 Å². The second-order valence-electron chi connectivity index (χ2n) is 3.46. The highest BCUT2D eigenvalue weighted by Crippen LogP contribution is 2.08. The predicted octanol–water partition coefficient (Wildman–Crippen LogP) is 1.82. The summed E-state index contributed by atoms with van der Waals surface area (Å²) in [5.41, 5.74) is 5.81. The van der Waals surface area contributed by atoms with Crippen LogP contribution in [0.3, 0.4) is 0 Å². The van der Waals surface area contributed by atoms with Crippen molar-refractivity contribution in [3.05, 3.63) is 30.3 Å². The van der Waals surface area contributed by atoms with E-state index in [2.05, 4.69) is 6.92 Å². The van der Waals surface area contributed by atoms with Gasteiger partial charge in [-0.1, -0.05) is 25.1 Å². The number of nitrogens with two attached hydrogens (primary N) is 1. The summed E-state index contributed by atoms with van der Waals surface area (Å²) in [5, 5.41) is 0. The van der Waals surface area contributed by atoms with Crippen LogP contribution < -0.4 is 10.5 Å². The van der Waals surface area contributed by atoms with Crippen LogP contribution in [-0.2, 0) is 4.74 Å². The van der Waals surface area contributed by atoms with Gasteiger partial charge in [-0.05, 0) is 18.6 Å². The molecule has 0 aliphatic heterocycles. The average molecular weight is 209 g/mol. The third kappa shape index (κ3) is 5.40. The minimum absolute atomic E-state index is 0.0586. The molecule has 1 aromatic rings. The Labute approximate surface area is 91.2 Å². The average Bonchev–Trinajstić information content (AvgIpc) is 2.28. The zero-order valence-electron chi connectivity index (χ0n) is 9.19. The Bertz CT molecular complexity index is 251. The summed E-state index contributed by atoms with van der Waals surface area (Å²) in [7, 11) is 0. The van der Waals surface area contributed by atoms with Gasteiger partial charge in [-0.3, -0.25) is 0 Å². The zero-order valence-corrected chi connectivity index (χ0v) is 9.19. The monoisotopic (exact) mass is 209 g/mol. The summed E-state index contributed by atoms with van der Waals surface area (Å²) >= 11 is 0. The molecule has 1 aromatic carbocycles. The highest BCUT2D eigenvalue weighted by molar-refractivity contribution is 5.20. The number of para-hydroxylation sites is 1. The summed E-state index contributed by atoms with van der Waals surface area (Å²) in [5.74, 6) is 0.850. The van der Waals surface area contributed by atoms with Crippen molar-refractivity contribution in [3.63, 3.8) is 0 Å². The number of ether oxygens (including phenoxy) is 2. The van der Waals surface area contributed by atoms with Crippen molar-refractivity contribution in [1.29, 1.82) is 0 Å². The molecule has 84 valence electrons. The maximum atomic E-state index is 5.81. The third-order valence-corrected chi connectivity index (χ3v) is 1.89. The van der Waals surface area contributed by atoms with E-state index in [-0.39, 0.29) is 6.04 Å². The molecular weight excluding hydrogens is 190 g/mol. The van der Waals surface area contributed by atoms with Crippen LogP contribution in [-0.4, -0.2) is 25.9 Å². The molecule has 0 radical (unpaired) electrons. The Morgan fingerprint density at radius 3 is 2.60 bits per heavy atom. The molecule has 0 bridgehead atoms. The molecule has 0 spiro atoms. The first-order valence-corrected chi connectivity index (χ1v) is 5.34. The first-order chi connectivity index (χ1) is 7.33. The Morgan fingerprint density at radius 1 is 1.20 bits per heavy atom. The maximum absolute atomic E-state index is 5.81. The molecule has 0 saturated heterocycles. The third-order valence-electron chi connectivity index (χ3n) is 1.89. The lowest BCUT2D eigenvalue weighted by atomic mass is 10.3. The fourth-order valence-electron chi connectivity index (χ4n) is 1.15. The molecule has 0 heterocycles. The van der Waals surface area contributed by atoms with Gasteiger partial charge < -0.3 is 15.2 Å². The van der Waals surface area contributed by atoms with Gasteiger partial charge in [0, 0.05) is 6.61 Å². The Morgan fingerprint density at radius 2 is 1.93 bits per heavy atom. The van der Waals surface area contributed by atoms with Crippen LogP contribution >= 0.6 is 0 Å². The van der Waals surface area contributed by atoms with E-state index in [0.29, 0.717) is 13.2 Å². The van der Waals surface area contributed by atoms with Gasteiger partial charge >= 0.3 is 0 Å². The molecule has 0 amide bonds. The smallest absolute Gasteiger partial charge is 0.119 e. The summed E-state index contributed by atoms with van der Waals surface area (Å²) in [6.07, 6.45) is 1.02. The molecule has 1 rings (SSSR count). The number of hydrogen-bond donors (Lipinski definition) is 1. The SMILES string of the molecule is CCCOCC(N)COc1ccccc1. The first-order valence-electron chi connectivity index (χ1n) is 5.34. The lowest BCUT2D eigenvalue weighted by Gasteiger charge is -2.13. The fourth-order valence-corrected chi connectivity index (χ4v) is 1.15. The van der Waals surface area contributed by atoms with Crippen molar-refractivity contribution in [2.75, 3.05) is 19.8 Å². The Kier molecular flexibility index (Phi) is 5.81. The largest absolute Gasteiger partial charge is 0.492 e. The molecule has 2 N–H and O–H groups in total. The maximum Gasteiger partial charge on any atom is 0.119 e. The van der Waals surface area contributed by atoms with E-state index in [0.717, 1.165) is 18.8 Å². The lowest BCUT2D eigenvalue weighted by molar-refractivity contribution is 0.106. The van der Waals surface area contributed by atoms with Gasteiger partial charge in [0.1, 0.15) is 12.4 Å². The summed E-state index contributed by atoms with van der Waals surface area (Å²) in [4.78, 5) is 0. The Hall–Kier alpha value is -1.06. The van der Waals surface area contributed by atoms with E-state index in [1.165, 1.54) is 0 Å². The summed E-state index contributed by atoms with van der Waals surface area (Å²) in [6.45, 7) is 3.89. The molecule has 15 heavy (non-hydrogen) atoms. The minimum Gasteiger partial charge on any atom is -0.492 e. The van der Waals surface area contributed by atoms with Crippen LogP contribution in [0.15, 0.2) is 30.3 Å². The number of benzene rings is 1. The van der Waals surface area contributed by atoms with Crippen LogP contribution in [0.1, 0.15) is 13.3 Å². The van der Waals surface area contributed by atoms with Crippen molar-refractivity contribution in [3.8, 4) is 5.75 Å². The molecule has 0 aromatic heterocycles. The van der Waals surface area contributed by atoms with Crippen molar-refractivity contribution in [1.82, 2.24) is 0 Å². The van der Waals surface area contributed by atoms with Gasteiger partial charge in [0.15, 0.2) is 0 Å². The number of rotatable bonds is 7. The lowest BCUT2D eigenvalue weighted by Crippen LogP contribution is -2.32. The van der Waals surface area contributed by atoms with E-state index in [1.54, 1.807) is 0 Å². The summed E-state index contributed by atoms with van der Waals surface area (Å²) < 4.78 is 10.8. The standard InChI is InChI=1S/C12H19NO2/c1-2-8-14-9-11(13)10-15-12-6-4-3-5-7-12/h3-7,11H,2,8-10,13H2,1H3.